The molecule has 0 aromatic carbocycles. The van der Waals surface area contributed by atoms with Crippen molar-refractivity contribution in [3.05, 3.63) is 41.8 Å². The molecule has 3 aromatic heterocycles. The number of carbonyl (C=O) groups excluding carboxylic acids is 3. The number of carboxylic acids is 1. The Morgan fingerprint density at radius 1 is 1.44 bits per heavy atom. The van der Waals surface area contributed by atoms with E-state index in [9.17, 15) is 24.6 Å². The second-order valence-corrected chi connectivity index (χ2v) is 10.3. The van der Waals surface area contributed by atoms with Gasteiger partial charge < -0.3 is 35.5 Å². The summed E-state index contributed by atoms with van der Waals surface area (Å²) in [5.74, 6) is -2.63. The third-order valence-corrected chi connectivity index (χ3v) is 7.92. The number of aliphatic carboxylic acids is 1. The maximum atomic E-state index is 13.1. The number of nitrogen functional groups attached to an aromatic ring is 1. The van der Waals surface area contributed by atoms with Crippen LogP contribution in [0.15, 0.2) is 41.1 Å². The number of aromatic nitrogens is 5. The Kier molecular flexibility index (Phi) is 7.45. The van der Waals surface area contributed by atoms with Gasteiger partial charge in [-0.2, -0.15) is 9.36 Å². The number of β-lactam (4-membered cyclic amide) rings is 1. The van der Waals surface area contributed by atoms with Crippen LogP contribution in [0.4, 0.5) is 5.13 Å². The van der Waals surface area contributed by atoms with E-state index in [-0.39, 0.29) is 47.9 Å². The Bertz CT molecular complexity index is 1520. The number of nitrogens with two attached hydrogens (primary N) is 1. The van der Waals surface area contributed by atoms with Gasteiger partial charge in [-0.3, -0.25) is 14.5 Å². The summed E-state index contributed by atoms with van der Waals surface area (Å²) < 4.78 is 7.54. The van der Waals surface area contributed by atoms with Gasteiger partial charge in [-0.05, 0) is 24.0 Å². The number of amides is 2. The Morgan fingerprint density at radius 3 is 2.95 bits per heavy atom. The molecule has 2 aliphatic heterocycles. The maximum Gasteiger partial charge on any atom is 0.349 e. The first kappa shape index (κ1) is 26.5. The number of oxime groups is 1. The molecule has 0 aliphatic carbocycles. The molecular formula is C22H23N9O6S2. The molecule has 15 nitrogen and oxygen atoms in total. The first-order valence-electron chi connectivity index (χ1n) is 11.8. The molecule has 5 rings (SSSR count). The fraction of sp³-hybridized carbons (Fsp3) is 0.364. The number of pyridine rings is 1. The van der Waals surface area contributed by atoms with Gasteiger partial charge in [-0.15, -0.1) is 11.8 Å². The standard InChI is InChI=1S/C22H23N9O6S2/c1-2-37-27-13(16-26-22(23)39-28-16)18(33)25-14-19(34)31-15(21(35)36)11(9-38-20(14)31)8-29-5-3-4-12-17(29)24-10-30(12)6-7-32/h3-5,10,14,20,32H,2,6-9H2,1H3,(H3-,23,25,26,28,33,35,36)/b27-13-. The van der Waals surface area contributed by atoms with Gasteiger partial charge in [-0.1, -0.05) is 5.16 Å². The van der Waals surface area contributed by atoms with Crippen LogP contribution in [-0.2, 0) is 32.3 Å². The normalized spacial score (nSPS) is 19.2. The summed E-state index contributed by atoms with van der Waals surface area (Å²) in [5, 5.41) is 27.3. The first-order chi connectivity index (χ1) is 18.8. The smallest absolute Gasteiger partial charge is 0.349 e. The van der Waals surface area contributed by atoms with E-state index in [4.69, 9.17) is 10.6 Å². The molecular weight excluding hydrogens is 550 g/mol. The summed E-state index contributed by atoms with van der Waals surface area (Å²) in [7, 11) is 0. The van der Waals surface area contributed by atoms with E-state index in [1.165, 1.54) is 11.8 Å². The number of nitrogens with one attached hydrogen (secondary N) is 1. The van der Waals surface area contributed by atoms with Crippen LogP contribution in [0.3, 0.4) is 0 Å². The van der Waals surface area contributed by atoms with Gasteiger partial charge in [0.2, 0.25) is 17.9 Å². The van der Waals surface area contributed by atoms with E-state index in [2.05, 4.69) is 24.8 Å². The molecule has 1 fully saturated rings. The minimum absolute atomic E-state index is 0.0476. The monoisotopic (exact) mass is 573 g/mol. The molecule has 3 aromatic rings. The molecule has 0 saturated carbocycles. The molecule has 2 amide bonds. The highest BCUT2D eigenvalue weighted by molar-refractivity contribution is 8.00. The Hall–Kier alpha value is -4.09. The zero-order valence-corrected chi connectivity index (χ0v) is 22.1. The topological polar surface area (TPSA) is 205 Å². The fourth-order valence-electron chi connectivity index (χ4n) is 4.35. The summed E-state index contributed by atoms with van der Waals surface area (Å²) in [6, 6.07) is 2.63. The predicted octanol–water partition coefficient (Wildman–Crippen LogP) is -2.41. The number of imidazole rings is 1. The molecule has 0 spiro atoms. The number of fused-ring (bicyclic) bond motifs is 2. The number of thioether (sulfide) groups is 1. The molecule has 39 heavy (non-hydrogen) atoms. The van der Waals surface area contributed by atoms with E-state index >= 15 is 0 Å². The summed E-state index contributed by atoms with van der Waals surface area (Å²) in [4.78, 5) is 52.8. The van der Waals surface area contributed by atoms with Crippen molar-refractivity contribution in [2.24, 2.45) is 5.16 Å². The van der Waals surface area contributed by atoms with Gasteiger partial charge in [0.1, 0.15) is 30.1 Å². The molecule has 5 heterocycles. The summed E-state index contributed by atoms with van der Waals surface area (Å²) >= 11 is 2.19. The molecule has 17 heteroatoms. The van der Waals surface area contributed by atoms with Gasteiger partial charge in [0.05, 0.1) is 24.5 Å². The third kappa shape index (κ3) is 4.90. The van der Waals surface area contributed by atoms with Crippen LogP contribution in [-0.4, -0.2) is 82.8 Å². The molecule has 2 atom stereocenters. The third-order valence-electron chi connectivity index (χ3n) is 6.03. The van der Waals surface area contributed by atoms with Crippen molar-refractivity contribution < 1.29 is 34.0 Å². The molecule has 0 bridgehead atoms. The number of hydrogen-bond donors (Lipinski definition) is 3. The lowest BCUT2D eigenvalue weighted by Crippen LogP contribution is -2.71. The largest absolute Gasteiger partial charge is 0.543 e. The van der Waals surface area contributed by atoms with E-state index in [1.807, 2.05) is 6.07 Å². The molecule has 2 aliphatic rings. The summed E-state index contributed by atoms with van der Waals surface area (Å²) in [6.07, 6.45) is 3.36. The second-order valence-electron chi connectivity index (χ2n) is 8.42. The number of carboxylic acid groups (broad SMARTS) is 1. The predicted molar refractivity (Wildman–Crippen MR) is 137 cm³/mol. The van der Waals surface area contributed by atoms with Crippen LogP contribution < -0.4 is 20.7 Å². The molecule has 2 unspecified atom stereocenters. The van der Waals surface area contributed by atoms with Gasteiger partial charge >= 0.3 is 5.65 Å². The average Bonchev–Trinajstić information content (AvgIpc) is 3.54. The van der Waals surface area contributed by atoms with Crippen LogP contribution in [0.5, 0.6) is 0 Å². The lowest BCUT2D eigenvalue weighted by atomic mass is 10.0. The Morgan fingerprint density at radius 2 is 2.26 bits per heavy atom. The van der Waals surface area contributed by atoms with E-state index < -0.39 is 29.2 Å². The van der Waals surface area contributed by atoms with Crippen molar-refractivity contribution in [2.75, 3.05) is 24.7 Å². The van der Waals surface area contributed by atoms with E-state index in [0.717, 1.165) is 21.9 Å². The lowest BCUT2D eigenvalue weighted by molar-refractivity contribution is -0.664. The summed E-state index contributed by atoms with van der Waals surface area (Å²) in [6.45, 7) is 2.32. The number of rotatable bonds is 10. The number of aliphatic hydroxyl groups excluding tert-OH is 1. The number of aliphatic hydroxyl groups is 1. The summed E-state index contributed by atoms with van der Waals surface area (Å²) in [5.41, 5.74) is 6.97. The van der Waals surface area contributed by atoms with Crippen LogP contribution in [0.2, 0.25) is 0 Å². The van der Waals surface area contributed by atoms with Gasteiger partial charge in [0.25, 0.3) is 11.8 Å². The van der Waals surface area contributed by atoms with E-state index in [1.54, 1.807) is 34.6 Å². The van der Waals surface area contributed by atoms with Crippen LogP contribution in [0.25, 0.3) is 11.2 Å². The Balaban J connectivity index is 1.37. The van der Waals surface area contributed by atoms with Crippen molar-refractivity contribution in [3.63, 3.8) is 0 Å². The second kappa shape index (κ2) is 11.0. The molecule has 204 valence electrons. The fourth-order valence-corrected chi connectivity index (χ4v) is 6.12. The zero-order chi connectivity index (χ0) is 27.7. The number of carbonyl (C=O) groups is 3. The Labute approximate surface area is 229 Å². The van der Waals surface area contributed by atoms with E-state index in [0.29, 0.717) is 17.8 Å². The van der Waals surface area contributed by atoms with Crippen LogP contribution in [0, 0.1) is 0 Å². The number of hydrogen-bond acceptors (Lipinski definition) is 13. The highest BCUT2D eigenvalue weighted by atomic mass is 32.2. The molecule has 4 N–H and O–H groups in total. The minimum Gasteiger partial charge on any atom is -0.543 e. The van der Waals surface area contributed by atoms with Crippen molar-refractivity contribution in [2.45, 2.75) is 31.4 Å². The average molecular weight is 574 g/mol. The van der Waals surface area contributed by atoms with Crippen molar-refractivity contribution in [1.82, 2.24) is 29.1 Å². The van der Waals surface area contributed by atoms with Gasteiger partial charge in [0, 0.05) is 29.4 Å². The van der Waals surface area contributed by atoms with Gasteiger partial charge in [0.15, 0.2) is 5.13 Å². The highest BCUT2D eigenvalue weighted by Gasteiger charge is 2.53. The van der Waals surface area contributed by atoms with Crippen molar-refractivity contribution in [1.29, 1.82) is 0 Å². The first-order valence-corrected chi connectivity index (χ1v) is 13.6. The number of nitrogens with zero attached hydrogens (tertiary/aromatic N) is 7. The minimum atomic E-state index is -1.49. The SMILES string of the molecule is CCO/N=C(\C(=O)NC1C(=O)N2C(C(=O)[O-])=C(C[n+]3cccc4c3ncn4CCO)CSC12)c1nsc(N)n1. The van der Waals surface area contributed by atoms with Crippen LogP contribution >= 0.6 is 23.3 Å². The lowest BCUT2D eigenvalue weighted by Gasteiger charge is -2.50. The zero-order valence-electron chi connectivity index (χ0n) is 20.5. The molecule has 0 radical (unpaired) electrons. The quantitative estimate of drug-likeness (QED) is 0.101. The van der Waals surface area contributed by atoms with Gasteiger partial charge in [-0.25, -0.2) is 4.57 Å². The maximum absolute atomic E-state index is 13.1. The van der Waals surface area contributed by atoms with Crippen molar-refractivity contribution in [3.8, 4) is 0 Å². The van der Waals surface area contributed by atoms with Crippen molar-refractivity contribution >= 4 is 63.1 Å². The van der Waals surface area contributed by atoms with Crippen LogP contribution in [0.1, 0.15) is 12.7 Å². The molecule has 1 saturated heterocycles. The number of anilines is 1. The highest BCUT2D eigenvalue weighted by Crippen LogP contribution is 2.40.